The Hall–Kier alpha value is -3.68. The van der Waals surface area contributed by atoms with Crippen molar-refractivity contribution in [1.82, 2.24) is 14.0 Å². The molecule has 1 aromatic heterocycles. The van der Waals surface area contributed by atoms with Gasteiger partial charge in [0, 0.05) is 6.54 Å². The molecule has 3 aromatic rings. The van der Waals surface area contributed by atoms with Crippen LogP contribution in [0.5, 0.6) is 0 Å². The van der Waals surface area contributed by atoms with Crippen molar-refractivity contribution in [3.05, 3.63) is 70.1 Å². The van der Waals surface area contributed by atoms with E-state index in [4.69, 9.17) is 4.74 Å². The van der Waals surface area contributed by atoms with Crippen molar-refractivity contribution in [1.29, 1.82) is 0 Å². The van der Waals surface area contributed by atoms with Crippen LogP contribution in [0.4, 0.5) is 0 Å². The smallest absolute Gasteiger partial charge is 0.329 e. The molecule has 2 aromatic carbocycles. The number of imidazole rings is 1. The lowest BCUT2D eigenvalue weighted by Gasteiger charge is -2.13. The van der Waals surface area contributed by atoms with Gasteiger partial charge in [0.15, 0.2) is 0 Å². The van der Waals surface area contributed by atoms with Gasteiger partial charge < -0.3 is 4.74 Å². The van der Waals surface area contributed by atoms with E-state index in [0.717, 1.165) is 16.8 Å². The average Bonchev–Trinajstić information content (AvgIpc) is 3.15. The van der Waals surface area contributed by atoms with Gasteiger partial charge in [-0.3, -0.25) is 28.4 Å². The van der Waals surface area contributed by atoms with Crippen LogP contribution < -0.4 is 5.69 Å². The SMILES string of the molecule is CCCn1c(=O)n(CC(=O)OCCN2C(=O)c3ccccc3C2=O)c2ccccc21. The second-order valence-electron chi connectivity index (χ2n) is 7.04. The van der Waals surface area contributed by atoms with Gasteiger partial charge in [-0.2, -0.15) is 0 Å². The lowest BCUT2D eigenvalue weighted by atomic mass is 10.1. The minimum Gasteiger partial charge on any atom is -0.462 e. The number of benzene rings is 2. The Kier molecular flexibility index (Phi) is 5.22. The zero-order valence-corrected chi connectivity index (χ0v) is 16.5. The summed E-state index contributed by atoms with van der Waals surface area (Å²) >= 11 is 0. The fourth-order valence-electron chi connectivity index (χ4n) is 3.73. The van der Waals surface area contributed by atoms with E-state index in [1.807, 2.05) is 25.1 Å². The number of carbonyl (C=O) groups excluding carboxylic acids is 3. The maximum absolute atomic E-state index is 12.7. The van der Waals surface area contributed by atoms with Gasteiger partial charge in [0.2, 0.25) is 0 Å². The highest BCUT2D eigenvalue weighted by atomic mass is 16.5. The van der Waals surface area contributed by atoms with Crippen molar-refractivity contribution in [2.24, 2.45) is 0 Å². The summed E-state index contributed by atoms with van der Waals surface area (Å²) in [7, 11) is 0. The summed E-state index contributed by atoms with van der Waals surface area (Å²) in [6.45, 7) is 2.13. The first kappa shape index (κ1) is 19.6. The monoisotopic (exact) mass is 407 g/mol. The molecule has 154 valence electrons. The van der Waals surface area contributed by atoms with Crippen molar-refractivity contribution in [3.63, 3.8) is 0 Å². The topological polar surface area (TPSA) is 90.6 Å². The van der Waals surface area contributed by atoms with E-state index >= 15 is 0 Å². The lowest BCUT2D eigenvalue weighted by molar-refractivity contribution is -0.144. The largest absolute Gasteiger partial charge is 0.462 e. The van der Waals surface area contributed by atoms with Gasteiger partial charge in [0.25, 0.3) is 11.8 Å². The number of hydrogen-bond donors (Lipinski definition) is 0. The van der Waals surface area contributed by atoms with Crippen LogP contribution in [0, 0.1) is 0 Å². The highest BCUT2D eigenvalue weighted by Crippen LogP contribution is 2.22. The zero-order chi connectivity index (χ0) is 21.3. The summed E-state index contributed by atoms with van der Waals surface area (Å²) in [4.78, 5) is 50.8. The third-order valence-electron chi connectivity index (χ3n) is 5.12. The van der Waals surface area contributed by atoms with E-state index in [0.29, 0.717) is 23.2 Å². The molecule has 0 spiro atoms. The summed E-state index contributed by atoms with van der Waals surface area (Å²) in [6, 6.07) is 13.9. The van der Waals surface area contributed by atoms with E-state index in [9.17, 15) is 19.2 Å². The minimum absolute atomic E-state index is 0.0371. The van der Waals surface area contributed by atoms with Crippen molar-refractivity contribution in [3.8, 4) is 0 Å². The molecule has 0 saturated carbocycles. The average molecular weight is 407 g/mol. The van der Waals surface area contributed by atoms with Crippen LogP contribution >= 0.6 is 0 Å². The van der Waals surface area contributed by atoms with E-state index < -0.39 is 17.8 Å². The van der Waals surface area contributed by atoms with Crippen LogP contribution in [0.1, 0.15) is 34.1 Å². The lowest BCUT2D eigenvalue weighted by Crippen LogP contribution is -2.34. The molecule has 4 rings (SSSR count). The Balaban J connectivity index is 1.42. The highest BCUT2D eigenvalue weighted by molar-refractivity contribution is 6.21. The van der Waals surface area contributed by atoms with Gasteiger partial charge in [-0.05, 0) is 30.7 Å². The number of fused-ring (bicyclic) bond motifs is 2. The maximum Gasteiger partial charge on any atom is 0.329 e. The molecule has 30 heavy (non-hydrogen) atoms. The molecule has 0 radical (unpaired) electrons. The van der Waals surface area contributed by atoms with E-state index in [-0.39, 0.29) is 25.4 Å². The van der Waals surface area contributed by atoms with Crippen LogP contribution in [-0.2, 0) is 22.6 Å². The molecule has 0 fully saturated rings. The highest BCUT2D eigenvalue weighted by Gasteiger charge is 2.34. The van der Waals surface area contributed by atoms with Crippen LogP contribution in [0.15, 0.2) is 53.3 Å². The molecule has 0 aliphatic carbocycles. The number of aromatic nitrogens is 2. The molecule has 1 aliphatic heterocycles. The van der Waals surface area contributed by atoms with Gasteiger partial charge in [0.05, 0.1) is 28.7 Å². The fraction of sp³-hybridized carbons (Fsp3) is 0.273. The second kappa shape index (κ2) is 7.98. The Morgan fingerprint density at radius 1 is 0.833 bits per heavy atom. The van der Waals surface area contributed by atoms with Crippen LogP contribution in [0.25, 0.3) is 11.0 Å². The quantitative estimate of drug-likeness (QED) is 0.442. The molecule has 2 heterocycles. The van der Waals surface area contributed by atoms with Gasteiger partial charge in [-0.25, -0.2) is 4.79 Å². The predicted octanol–water partition coefficient (Wildman–Crippen LogP) is 2.05. The minimum atomic E-state index is -0.604. The molecule has 1 aliphatic rings. The van der Waals surface area contributed by atoms with E-state index in [1.165, 1.54) is 4.57 Å². The molecule has 0 saturated heterocycles. The number of para-hydroxylation sites is 2. The van der Waals surface area contributed by atoms with Crippen LogP contribution in [0.3, 0.4) is 0 Å². The Morgan fingerprint density at radius 2 is 1.40 bits per heavy atom. The molecule has 8 nitrogen and oxygen atoms in total. The van der Waals surface area contributed by atoms with Gasteiger partial charge in [0.1, 0.15) is 13.2 Å². The Bertz CT molecular complexity index is 1170. The number of esters is 1. The number of ether oxygens (including phenoxy) is 1. The Labute approximate surface area is 172 Å². The summed E-state index contributed by atoms with van der Waals surface area (Å²) < 4.78 is 8.25. The number of imide groups is 1. The van der Waals surface area contributed by atoms with Crippen molar-refractivity contribution in [2.45, 2.75) is 26.4 Å². The maximum atomic E-state index is 12.7. The summed E-state index contributed by atoms with van der Waals surface area (Å²) in [6.07, 6.45) is 0.790. The summed E-state index contributed by atoms with van der Waals surface area (Å²) in [5.74, 6) is -1.40. The molecule has 0 unspecified atom stereocenters. The van der Waals surface area contributed by atoms with E-state index in [2.05, 4.69) is 0 Å². The molecule has 0 N–H and O–H groups in total. The number of rotatable bonds is 7. The number of carbonyl (C=O) groups is 3. The molecule has 8 heteroatoms. The predicted molar refractivity (Wildman–Crippen MR) is 109 cm³/mol. The number of amides is 2. The van der Waals surface area contributed by atoms with Gasteiger partial charge >= 0.3 is 11.7 Å². The van der Waals surface area contributed by atoms with Crippen LogP contribution in [-0.4, -0.2) is 45.0 Å². The summed E-state index contributed by atoms with van der Waals surface area (Å²) in [5, 5.41) is 0. The molecule has 2 amide bonds. The van der Waals surface area contributed by atoms with Gasteiger partial charge in [-0.1, -0.05) is 31.2 Å². The molecular formula is C22H21N3O5. The second-order valence-corrected chi connectivity index (χ2v) is 7.04. The zero-order valence-electron chi connectivity index (χ0n) is 16.5. The Morgan fingerprint density at radius 3 is 2.00 bits per heavy atom. The van der Waals surface area contributed by atoms with Crippen molar-refractivity contribution in [2.75, 3.05) is 13.2 Å². The number of nitrogens with zero attached hydrogens (tertiary/aromatic N) is 3. The third-order valence-corrected chi connectivity index (χ3v) is 5.12. The normalized spacial score (nSPS) is 13.2. The molecule has 0 atom stereocenters. The molecule has 0 bridgehead atoms. The standard InChI is InChI=1S/C22H21N3O5/c1-2-11-23-17-9-5-6-10-18(17)25(22(23)29)14-19(26)30-13-12-24-20(27)15-7-3-4-8-16(15)21(24)28/h3-10H,2,11-14H2,1H3. The van der Waals surface area contributed by atoms with Gasteiger partial charge in [-0.15, -0.1) is 0 Å². The number of aryl methyl sites for hydroxylation is 1. The first-order chi connectivity index (χ1) is 14.5. The van der Waals surface area contributed by atoms with Crippen LogP contribution in [0.2, 0.25) is 0 Å². The first-order valence-corrected chi connectivity index (χ1v) is 9.81. The first-order valence-electron chi connectivity index (χ1n) is 9.81. The fourth-order valence-corrected chi connectivity index (χ4v) is 3.73. The van der Waals surface area contributed by atoms with Crippen molar-refractivity contribution < 1.29 is 19.1 Å². The third kappa shape index (κ3) is 3.30. The van der Waals surface area contributed by atoms with Crippen molar-refractivity contribution >= 4 is 28.8 Å². The number of hydrogen-bond acceptors (Lipinski definition) is 5. The van der Waals surface area contributed by atoms with E-state index in [1.54, 1.807) is 34.9 Å². The molecular weight excluding hydrogens is 386 g/mol. The summed E-state index contributed by atoms with van der Waals surface area (Å²) in [5.41, 5.74) is 1.86.